The van der Waals surface area contributed by atoms with Gasteiger partial charge in [0.25, 0.3) is 0 Å². The van der Waals surface area contributed by atoms with E-state index in [0.29, 0.717) is 11.6 Å². The largest absolute Gasteiger partial charge is 0.379 e. The molecule has 1 saturated carbocycles. The molecule has 0 aromatic heterocycles. The number of carbonyl (C=O) groups excluding carboxylic acids is 1. The van der Waals surface area contributed by atoms with Crippen LogP contribution in [-0.2, 0) is 9.53 Å². The normalized spacial score (nSPS) is 25.5. The fourth-order valence-corrected chi connectivity index (χ4v) is 3.75. The lowest BCUT2D eigenvalue weighted by molar-refractivity contribution is -0.126. The molecule has 0 spiro atoms. The van der Waals surface area contributed by atoms with Crippen molar-refractivity contribution >= 4 is 11.6 Å². The van der Waals surface area contributed by atoms with Crippen molar-refractivity contribution < 1.29 is 9.53 Å². The van der Waals surface area contributed by atoms with E-state index in [1.165, 1.54) is 0 Å². The number of hydrogen-bond donors (Lipinski definition) is 2. The standard InChI is InChI=1S/C19H26N4O2/c1-19(2)16(11-17(19)23-7-9-25-10-8-23)22-18(24)13-21-15-5-3-14(12-20)4-6-15/h3-6,16-17,21H,7-11,13H2,1-2H3,(H,22,24). The summed E-state index contributed by atoms with van der Waals surface area (Å²) in [4.78, 5) is 14.7. The highest BCUT2D eigenvalue weighted by molar-refractivity contribution is 5.81. The number of amides is 1. The Morgan fingerprint density at radius 2 is 2.00 bits per heavy atom. The predicted molar refractivity (Wildman–Crippen MR) is 96.2 cm³/mol. The molecule has 2 unspecified atom stereocenters. The van der Waals surface area contributed by atoms with Crippen molar-refractivity contribution in [2.24, 2.45) is 5.41 Å². The molecule has 2 N–H and O–H groups in total. The van der Waals surface area contributed by atoms with E-state index in [1.54, 1.807) is 12.1 Å². The number of hydrogen-bond acceptors (Lipinski definition) is 5. The average molecular weight is 342 g/mol. The summed E-state index contributed by atoms with van der Waals surface area (Å²) in [6, 6.07) is 9.90. The van der Waals surface area contributed by atoms with Gasteiger partial charge in [0.2, 0.25) is 5.91 Å². The molecule has 1 heterocycles. The summed E-state index contributed by atoms with van der Waals surface area (Å²) in [5, 5.41) is 15.1. The van der Waals surface area contributed by atoms with Gasteiger partial charge in [0.15, 0.2) is 0 Å². The van der Waals surface area contributed by atoms with Gasteiger partial charge < -0.3 is 15.4 Å². The first-order valence-corrected chi connectivity index (χ1v) is 8.86. The zero-order valence-electron chi connectivity index (χ0n) is 14.9. The first-order chi connectivity index (χ1) is 12.0. The van der Waals surface area contributed by atoms with Gasteiger partial charge in [0.05, 0.1) is 31.4 Å². The van der Waals surface area contributed by atoms with Gasteiger partial charge in [0, 0.05) is 36.3 Å². The van der Waals surface area contributed by atoms with Gasteiger partial charge in [-0.2, -0.15) is 5.26 Å². The van der Waals surface area contributed by atoms with E-state index in [1.807, 2.05) is 12.1 Å². The number of benzene rings is 1. The van der Waals surface area contributed by atoms with Crippen LogP contribution in [-0.4, -0.2) is 55.7 Å². The Kier molecular flexibility index (Phi) is 5.26. The second-order valence-corrected chi connectivity index (χ2v) is 7.38. The SMILES string of the molecule is CC1(C)C(NC(=O)CNc2ccc(C#N)cc2)CC1N1CCOCC1. The van der Waals surface area contributed by atoms with Crippen molar-refractivity contribution in [1.29, 1.82) is 5.26 Å². The summed E-state index contributed by atoms with van der Waals surface area (Å²) in [5.41, 5.74) is 1.52. The molecule has 25 heavy (non-hydrogen) atoms. The van der Waals surface area contributed by atoms with Gasteiger partial charge >= 0.3 is 0 Å². The highest BCUT2D eigenvalue weighted by atomic mass is 16.5. The van der Waals surface area contributed by atoms with Gasteiger partial charge in [-0.05, 0) is 30.7 Å². The molecular weight excluding hydrogens is 316 g/mol. The molecule has 1 aromatic carbocycles. The maximum absolute atomic E-state index is 12.3. The van der Waals surface area contributed by atoms with Crippen molar-refractivity contribution in [2.45, 2.75) is 32.4 Å². The number of carbonyl (C=O) groups is 1. The minimum Gasteiger partial charge on any atom is -0.379 e. The van der Waals surface area contributed by atoms with Gasteiger partial charge in [-0.25, -0.2) is 0 Å². The third-order valence-corrected chi connectivity index (χ3v) is 5.50. The Morgan fingerprint density at radius 1 is 1.32 bits per heavy atom. The molecule has 1 aromatic rings. The molecule has 2 atom stereocenters. The molecule has 2 aliphatic rings. The Labute approximate surface area is 149 Å². The summed E-state index contributed by atoms with van der Waals surface area (Å²) >= 11 is 0. The molecule has 1 saturated heterocycles. The van der Waals surface area contributed by atoms with Crippen LogP contribution in [0.4, 0.5) is 5.69 Å². The summed E-state index contributed by atoms with van der Waals surface area (Å²) < 4.78 is 5.43. The maximum Gasteiger partial charge on any atom is 0.239 e. The Hall–Kier alpha value is -2.10. The van der Waals surface area contributed by atoms with Crippen molar-refractivity contribution in [3.05, 3.63) is 29.8 Å². The van der Waals surface area contributed by atoms with E-state index in [2.05, 4.69) is 35.5 Å². The molecule has 2 fully saturated rings. The van der Waals surface area contributed by atoms with Crippen LogP contribution in [0, 0.1) is 16.7 Å². The summed E-state index contributed by atoms with van der Waals surface area (Å²) in [7, 11) is 0. The Bertz CT molecular complexity index is 644. The van der Waals surface area contributed by atoms with Crippen LogP contribution in [0.3, 0.4) is 0 Å². The Morgan fingerprint density at radius 3 is 2.60 bits per heavy atom. The van der Waals surface area contributed by atoms with E-state index in [9.17, 15) is 4.79 Å². The van der Waals surface area contributed by atoms with Crippen molar-refractivity contribution in [1.82, 2.24) is 10.2 Å². The summed E-state index contributed by atoms with van der Waals surface area (Å²) in [5.74, 6) is 0.00265. The molecule has 1 aliphatic heterocycles. The predicted octanol–water partition coefficient (Wildman–Crippen LogP) is 1.59. The number of nitrogens with zero attached hydrogens (tertiary/aromatic N) is 2. The second kappa shape index (κ2) is 7.42. The Balaban J connectivity index is 1.46. The molecule has 0 radical (unpaired) electrons. The lowest BCUT2D eigenvalue weighted by Gasteiger charge is -2.57. The number of nitriles is 1. The van der Waals surface area contributed by atoms with Crippen LogP contribution in [0.15, 0.2) is 24.3 Å². The van der Waals surface area contributed by atoms with Crippen molar-refractivity contribution in [3.8, 4) is 6.07 Å². The van der Waals surface area contributed by atoms with Crippen LogP contribution in [0.1, 0.15) is 25.8 Å². The van der Waals surface area contributed by atoms with Crippen molar-refractivity contribution in [2.75, 3.05) is 38.2 Å². The minimum absolute atomic E-state index is 0.00265. The zero-order chi connectivity index (χ0) is 17.9. The quantitative estimate of drug-likeness (QED) is 0.850. The second-order valence-electron chi connectivity index (χ2n) is 7.38. The minimum atomic E-state index is 0.00265. The first kappa shape index (κ1) is 17.7. The maximum atomic E-state index is 12.3. The number of anilines is 1. The molecular formula is C19H26N4O2. The van der Waals surface area contributed by atoms with Gasteiger partial charge in [-0.3, -0.25) is 9.69 Å². The van der Waals surface area contributed by atoms with E-state index < -0.39 is 0 Å². The van der Waals surface area contributed by atoms with E-state index in [4.69, 9.17) is 10.00 Å². The molecule has 6 heteroatoms. The highest BCUT2D eigenvalue weighted by Gasteiger charge is 2.51. The molecule has 6 nitrogen and oxygen atoms in total. The van der Waals surface area contributed by atoms with Crippen molar-refractivity contribution in [3.63, 3.8) is 0 Å². The molecule has 1 aliphatic carbocycles. The number of nitrogens with one attached hydrogen (secondary N) is 2. The highest BCUT2D eigenvalue weighted by Crippen LogP contribution is 2.44. The molecule has 3 rings (SSSR count). The fraction of sp³-hybridized carbons (Fsp3) is 0.579. The topological polar surface area (TPSA) is 77.4 Å². The smallest absolute Gasteiger partial charge is 0.239 e. The lowest BCUT2D eigenvalue weighted by Crippen LogP contribution is -2.68. The monoisotopic (exact) mass is 342 g/mol. The third-order valence-electron chi connectivity index (χ3n) is 5.50. The zero-order valence-corrected chi connectivity index (χ0v) is 14.9. The van der Waals surface area contributed by atoms with Gasteiger partial charge in [-0.15, -0.1) is 0 Å². The summed E-state index contributed by atoms with van der Waals surface area (Å²) in [6.45, 7) is 8.27. The van der Waals surface area contributed by atoms with E-state index in [-0.39, 0.29) is 23.9 Å². The molecule has 1 amide bonds. The number of morpholine rings is 1. The van der Waals surface area contributed by atoms with Crippen LogP contribution < -0.4 is 10.6 Å². The third kappa shape index (κ3) is 3.94. The molecule has 134 valence electrons. The van der Waals surface area contributed by atoms with E-state index >= 15 is 0 Å². The van der Waals surface area contributed by atoms with Crippen LogP contribution in [0.2, 0.25) is 0 Å². The van der Waals surface area contributed by atoms with Gasteiger partial charge in [0.1, 0.15) is 0 Å². The fourth-order valence-electron chi connectivity index (χ4n) is 3.75. The molecule has 0 bridgehead atoms. The van der Waals surface area contributed by atoms with Crippen LogP contribution in [0.5, 0.6) is 0 Å². The first-order valence-electron chi connectivity index (χ1n) is 8.86. The lowest BCUT2D eigenvalue weighted by atomic mass is 9.62. The van der Waals surface area contributed by atoms with Crippen LogP contribution in [0.25, 0.3) is 0 Å². The average Bonchev–Trinajstić information content (AvgIpc) is 2.64. The van der Waals surface area contributed by atoms with Gasteiger partial charge in [-0.1, -0.05) is 13.8 Å². The number of ether oxygens (including phenoxy) is 1. The number of rotatable bonds is 5. The summed E-state index contributed by atoms with van der Waals surface area (Å²) in [6.07, 6.45) is 0.996. The van der Waals surface area contributed by atoms with E-state index in [0.717, 1.165) is 38.4 Å². The van der Waals surface area contributed by atoms with Crippen LogP contribution >= 0.6 is 0 Å².